The minimum atomic E-state index is -0.481. The maximum absolute atomic E-state index is 12.3. The predicted molar refractivity (Wildman–Crippen MR) is 163 cm³/mol. The topological polar surface area (TPSA) is 145 Å². The Morgan fingerprint density at radius 3 is 2.56 bits per heavy atom. The van der Waals surface area contributed by atoms with Gasteiger partial charge in [-0.25, -0.2) is 4.98 Å². The second-order valence-corrected chi connectivity index (χ2v) is 11.4. The van der Waals surface area contributed by atoms with Crippen molar-refractivity contribution in [2.24, 2.45) is 0 Å². The smallest absolute Gasteiger partial charge is 0.253 e. The molecule has 0 saturated carbocycles. The van der Waals surface area contributed by atoms with Crippen LogP contribution in [0.25, 0.3) is 11.5 Å². The number of hydrogen-bond acceptors (Lipinski definition) is 11. The number of nitrogens with zero attached hydrogens (tertiary/aromatic N) is 6. The summed E-state index contributed by atoms with van der Waals surface area (Å²) in [5, 5.41) is 28.5. The lowest BCUT2D eigenvalue weighted by Crippen LogP contribution is -2.45. The van der Waals surface area contributed by atoms with Gasteiger partial charge < -0.3 is 30.4 Å². The number of hydrogen-bond donors (Lipinski definition) is 4. The number of aromatic nitrogens is 4. The van der Waals surface area contributed by atoms with Gasteiger partial charge in [-0.3, -0.25) is 9.69 Å². The van der Waals surface area contributed by atoms with E-state index in [1.54, 1.807) is 12.3 Å². The molecule has 1 atom stereocenters. The first-order valence-corrected chi connectivity index (χ1v) is 14.6. The Morgan fingerprint density at radius 1 is 1.05 bits per heavy atom. The number of nitrogens with one attached hydrogen (secondary N) is 3. The monoisotopic (exact) mass is 583 g/mol. The van der Waals surface area contributed by atoms with Gasteiger partial charge in [0.05, 0.1) is 30.3 Å². The van der Waals surface area contributed by atoms with Crippen LogP contribution in [0.1, 0.15) is 54.2 Å². The lowest BCUT2D eigenvalue weighted by Gasteiger charge is -2.33. The number of aliphatic hydroxyl groups is 1. The van der Waals surface area contributed by atoms with Gasteiger partial charge >= 0.3 is 0 Å². The molecule has 1 amide bonds. The van der Waals surface area contributed by atoms with Crippen molar-refractivity contribution in [3.8, 4) is 11.5 Å². The second-order valence-electron chi connectivity index (χ2n) is 11.4. The fourth-order valence-electron chi connectivity index (χ4n) is 5.56. The van der Waals surface area contributed by atoms with E-state index in [0.29, 0.717) is 41.2 Å². The van der Waals surface area contributed by atoms with Crippen molar-refractivity contribution in [2.45, 2.75) is 38.9 Å². The molecular weight excluding hydrogens is 546 g/mol. The molecule has 0 unspecified atom stereocenters. The molecule has 4 aromatic rings. The molecule has 224 valence electrons. The van der Waals surface area contributed by atoms with E-state index in [4.69, 9.17) is 9.40 Å². The summed E-state index contributed by atoms with van der Waals surface area (Å²) in [6, 6.07) is 14.8. The first-order chi connectivity index (χ1) is 20.8. The Bertz CT molecular complexity index is 1580. The van der Waals surface area contributed by atoms with Crippen LogP contribution >= 0.6 is 0 Å². The van der Waals surface area contributed by atoms with Gasteiger partial charge in [0, 0.05) is 43.6 Å². The standard InChI is InChI=1S/C31H37N9O3/c1-4-39-12-14-40(15-13-39)18-26-37-38-29(43-26)23-17-32-30(35-27(23)34-25(19-41)20-8-6-5-7-9-20)33-21-10-11-22-24(16-21)31(2,3)36-28(22)42/h5-11,16-17,25,41H,4,12-15,18-19H2,1-3H3,(H,36,42)(H2,32,33,34,35)/t25-/m1/s1. The molecule has 2 aromatic carbocycles. The number of fused-ring (bicyclic) bond motifs is 1. The minimum absolute atomic E-state index is 0.0864. The number of anilines is 3. The maximum Gasteiger partial charge on any atom is 0.253 e. The zero-order valence-electron chi connectivity index (χ0n) is 24.7. The summed E-state index contributed by atoms with van der Waals surface area (Å²) in [5.41, 5.74) is 3.25. The van der Waals surface area contributed by atoms with Crippen molar-refractivity contribution in [3.05, 3.63) is 77.3 Å². The van der Waals surface area contributed by atoms with Crippen molar-refractivity contribution in [1.82, 2.24) is 35.3 Å². The Morgan fingerprint density at radius 2 is 1.81 bits per heavy atom. The van der Waals surface area contributed by atoms with Gasteiger partial charge in [-0.05, 0) is 49.7 Å². The molecule has 4 N–H and O–H groups in total. The molecule has 0 spiro atoms. The second kappa shape index (κ2) is 12.1. The van der Waals surface area contributed by atoms with E-state index in [0.717, 1.165) is 49.5 Å². The number of carbonyl (C=O) groups is 1. The van der Waals surface area contributed by atoms with Gasteiger partial charge in [-0.2, -0.15) is 4.98 Å². The summed E-state index contributed by atoms with van der Waals surface area (Å²) in [5.74, 6) is 1.51. The summed E-state index contributed by atoms with van der Waals surface area (Å²) in [6.07, 6.45) is 1.64. The van der Waals surface area contributed by atoms with Gasteiger partial charge in [0.25, 0.3) is 11.8 Å². The zero-order chi connectivity index (χ0) is 30.0. The highest BCUT2D eigenvalue weighted by Crippen LogP contribution is 2.34. The van der Waals surface area contributed by atoms with Crippen LogP contribution in [-0.2, 0) is 12.1 Å². The first-order valence-electron chi connectivity index (χ1n) is 14.6. The molecule has 1 saturated heterocycles. The quantitative estimate of drug-likeness (QED) is 0.218. The first kappa shape index (κ1) is 28.7. The van der Waals surface area contributed by atoms with Crippen molar-refractivity contribution >= 4 is 23.4 Å². The van der Waals surface area contributed by atoms with E-state index in [9.17, 15) is 9.90 Å². The van der Waals surface area contributed by atoms with E-state index >= 15 is 0 Å². The van der Waals surface area contributed by atoms with Crippen LogP contribution in [0.4, 0.5) is 17.5 Å². The number of carbonyl (C=O) groups excluding carboxylic acids is 1. The number of benzene rings is 2. The Hall–Kier alpha value is -4.39. The van der Waals surface area contributed by atoms with Crippen molar-refractivity contribution < 1.29 is 14.3 Å². The molecule has 0 radical (unpaired) electrons. The summed E-state index contributed by atoms with van der Waals surface area (Å²) in [7, 11) is 0. The van der Waals surface area contributed by atoms with Crippen LogP contribution in [0.3, 0.4) is 0 Å². The summed E-state index contributed by atoms with van der Waals surface area (Å²) >= 11 is 0. The molecule has 2 aliphatic rings. The van der Waals surface area contributed by atoms with Crippen LogP contribution in [0.2, 0.25) is 0 Å². The van der Waals surface area contributed by atoms with Gasteiger partial charge in [0.15, 0.2) is 0 Å². The molecule has 1 fully saturated rings. The zero-order valence-corrected chi connectivity index (χ0v) is 24.7. The SMILES string of the molecule is CCN1CCN(Cc2nnc(-c3cnc(Nc4ccc5c(c4)C(C)(C)NC5=O)nc3N[C@H](CO)c3ccccc3)o2)CC1. The lowest BCUT2D eigenvalue weighted by molar-refractivity contribution is 0.0940. The Labute approximate surface area is 250 Å². The Kier molecular flexibility index (Phi) is 8.06. The molecule has 12 heteroatoms. The molecule has 12 nitrogen and oxygen atoms in total. The van der Waals surface area contributed by atoms with E-state index in [2.05, 4.69) is 47.9 Å². The molecule has 0 bridgehead atoms. The highest BCUT2D eigenvalue weighted by Gasteiger charge is 2.35. The van der Waals surface area contributed by atoms with Crippen molar-refractivity contribution in [2.75, 3.05) is 50.0 Å². The third-order valence-corrected chi connectivity index (χ3v) is 8.07. The fraction of sp³-hybridized carbons (Fsp3) is 0.387. The number of likely N-dealkylation sites (N-methyl/N-ethyl adjacent to an activating group) is 1. The highest BCUT2D eigenvalue weighted by molar-refractivity contribution is 6.00. The maximum atomic E-state index is 12.3. The van der Waals surface area contributed by atoms with Crippen LogP contribution in [0, 0.1) is 0 Å². The van der Waals surface area contributed by atoms with Crippen LogP contribution in [-0.4, -0.2) is 80.3 Å². The number of aliphatic hydroxyl groups excluding tert-OH is 1. The van der Waals surface area contributed by atoms with Gasteiger partial charge in [-0.15, -0.1) is 10.2 Å². The molecule has 6 rings (SSSR count). The van der Waals surface area contributed by atoms with Gasteiger partial charge in [-0.1, -0.05) is 37.3 Å². The van der Waals surface area contributed by atoms with Crippen molar-refractivity contribution in [1.29, 1.82) is 0 Å². The number of piperazine rings is 1. The van der Waals surface area contributed by atoms with Crippen LogP contribution in [0.5, 0.6) is 0 Å². The van der Waals surface area contributed by atoms with E-state index in [-0.39, 0.29) is 12.5 Å². The van der Waals surface area contributed by atoms with E-state index < -0.39 is 11.6 Å². The largest absolute Gasteiger partial charge is 0.419 e. The predicted octanol–water partition coefficient (Wildman–Crippen LogP) is 3.53. The fourth-order valence-corrected chi connectivity index (χ4v) is 5.56. The molecule has 2 aromatic heterocycles. The molecule has 2 aliphatic heterocycles. The number of amides is 1. The number of rotatable bonds is 10. The summed E-state index contributed by atoms with van der Waals surface area (Å²) in [4.78, 5) is 26.4. The van der Waals surface area contributed by atoms with Gasteiger partial charge in [0.1, 0.15) is 5.82 Å². The van der Waals surface area contributed by atoms with E-state index in [1.807, 2.05) is 56.3 Å². The average Bonchev–Trinajstić information content (AvgIpc) is 3.57. The molecular formula is C31H37N9O3. The van der Waals surface area contributed by atoms with E-state index in [1.165, 1.54) is 0 Å². The highest BCUT2D eigenvalue weighted by atomic mass is 16.4. The summed E-state index contributed by atoms with van der Waals surface area (Å²) < 4.78 is 6.11. The third kappa shape index (κ3) is 6.21. The molecule has 4 heterocycles. The van der Waals surface area contributed by atoms with Crippen molar-refractivity contribution in [3.63, 3.8) is 0 Å². The Balaban J connectivity index is 1.28. The molecule has 43 heavy (non-hydrogen) atoms. The average molecular weight is 584 g/mol. The lowest BCUT2D eigenvalue weighted by atomic mass is 9.94. The minimum Gasteiger partial charge on any atom is -0.419 e. The van der Waals surface area contributed by atoms with Crippen LogP contribution in [0.15, 0.2) is 59.1 Å². The third-order valence-electron chi connectivity index (χ3n) is 8.07. The molecule has 0 aliphatic carbocycles. The van der Waals surface area contributed by atoms with Gasteiger partial charge in [0.2, 0.25) is 11.8 Å². The van der Waals surface area contributed by atoms with Crippen LogP contribution < -0.4 is 16.0 Å². The summed E-state index contributed by atoms with van der Waals surface area (Å²) in [6.45, 7) is 11.5. The normalized spacial score (nSPS) is 17.3.